The van der Waals surface area contributed by atoms with Crippen LogP contribution >= 0.6 is 0 Å². The molecule has 0 bridgehead atoms. The first-order chi connectivity index (χ1) is 9.15. The molecule has 3 N–H and O–H groups in total. The molecule has 0 spiro atoms. The summed E-state index contributed by atoms with van der Waals surface area (Å²) in [5.74, 6) is 0.00477. The number of aromatic amines is 1. The van der Waals surface area contributed by atoms with Crippen LogP contribution in [-0.2, 0) is 0 Å². The second-order valence-corrected chi connectivity index (χ2v) is 5.10. The molecule has 6 nitrogen and oxygen atoms in total. The molecule has 19 heavy (non-hydrogen) atoms. The molecular formula is C13H17N5O. The molecule has 1 aliphatic heterocycles. The fourth-order valence-electron chi connectivity index (χ4n) is 2.51. The van der Waals surface area contributed by atoms with E-state index in [1.54, 1.807) is 6.20 Å². The van der Waals surface area contributed by atoms with E-state index in [2.05, 4.69) is 15.2 Å². The third-order valence-corrected chi connectivity index (χ3v) is 3.59. The van der Waals surface area contributed by atoms with Gasteiger partial charge in [-0.05, 0) is 25.8 Å². The summed E-state index contributed by atoms with van der Waals surface area (Å²) in [6.45, 7) is 3.32. The summed E-state index contributed by atoms with van der Waals surface area (Å²) in [4.78, 5) is 18.4. The standard InChI is InChI=1S/C13H17N5O/c1-8-11-5-9(6-15-12(11)17-16-8)13(19)18-4-2-3-10(14)7-18/h5-6,10H,2-4,7,14H2,1H3,(H,15,16,17). The number of likely N-dealkylation sites (tertiary alicyclic amines) is 1. The van der Waals surface area contributed by atoms with E-state index in [0.717, 1.165) is 30.5 Å². The van der Waals surface area contributed by atoms with Gasteiger partial charge in [-0.2, -0.15) is 5.10 Å². The number of amides is 1. The number of pyridine rings is 1. The molecular weight excluding hydrogens is 242 g/mol. The van der Waals surface area contributed by atoms with Gasteiger partial charge in [-0.3, -0.25) is 9.89 Å². The van der Waals surface area contributed by atoms with Gasteiger partial charge in [-0.15, -0.1) is 0 Å². The van der Waals surface area contributed by atoms with E-state index < -0.39 is 0 Å². The summed E-state index contributed by atoms with van der Waals surface area (Å²) in [5, 5.41) is 7.83. The number of hydrogen-bond donors (Lipinski definition) is 2. The Hall–Kier alpha value is -1.95. The van der Waals surface area contributed by atoms with Crippen molar-refractivity contribution in [1.82, 2.24) is 20.1 Å². The first kappa shape index (κ1) is 12.1. The first-order valence-corrected chi connectivity index (χ1v) is 6.51. The van der Waals surface area contributed by atoms with Crippen LogP contribution < -0.4 is 5.73 Å². The van der Waals surface area contributed by atoms with Crippen molar-refractivity contribution in [3.05, 3.63) is 23.5 Å². The molecule has 0 radical (unpaired) electrons. The summed E-state index contributed by atoms with van der Waals surface area (Å²) < 4.78 is 0. The van der Waals surface area contributed by atoms with Gasteiger partial charge < -0.3 is 10.6 Å². The molecule has 1 unspecified atom stereocenters. The fraction of sp³-hybridized carbons (Fsp3) is 0.462. The zero-order valence-corrected chi connectivity index (χ0v) is 10.9. The van der Waals surface area contributed by atoms with Crippen LogP contribution in [0.3, 0.4) is 0 Å². The monoisotopic (exact) mass is 259 g/mol. The van der Waals surface area contributed by atoms with Gasteiger partial charge in [-0.25, -0.2) is 4.98 Å². The smallest absolute Gasteiger partial charge is 0.255 e. The zero-order chi connectivity index (χ0) is 13.4. The van der Waals surface area contributed by atoms with Crippen molar-refractivity contribution in [1.29, 1.82) is 0 Å². The van der Waals surface area contributed by atoms with E-state index in [1.165, 1.54) is 0 Å². The van der Waals surface area contributed by atoms with Gasteiger partial charge >= 0.3 is 0 Å². The van der Waals surface area contributed by atoms with Crippen molar-refractivity contribution < 1.29 is 4.79 Å². The van der Waals surface area contributed by atoms with Crippen molar-refractivity contribution in [2.75, 3.05) is 13.1 Å². The first-order valence-electron chi connectivity index (χ1n) is 6.51. The van der Waals surface area contributed by atoms with Gasteiger partial charge in [0.15, 0.2) is 5.65 Å². The number of carbonyl (C=O) groups is 1. The van der Waals surface area contributed by atoms with E-state index in [9.17, 15) is 4.79 Å². The van der Waals surface area contributed by atoms with E-state index >= 15 is 0 Å². The van der Waals surface area contributed by atoms with E-state index in [-0.39, 0.29) is 11.9 Å². The highest BCUT2D eigenvalue weighted by Gasteiger charge is 2.23. The Morgan fingerprint density at radius 1 is 1.58 bits per heavy atom. The molecule has 1 amide bonds. The number of piperidine rings is 1. The average Bonchev–Trinajstić information content (AvgIpc) is 2.79. The van der Waals surface area contributed by atoms with Crippen LogP contribution in [0, 0.1) is 6.92 Å². The minimum atomic E-state index is 0.00477. The predicted molar refractivity (Wildman–Crippen MR) is 71.7 cm³/mol. The topological polar surface area (TPSA) is 87.9 Å². The number of nitrogens with two attached hydrogens (primary N) is 1. The normalized spacial score (nSPS) is 19.9. The van der Waals surface area contributed by atoms with Gasteiger partial charge in [0.05, 0.1) is 5.56 Å². The molecule has 100 valence electrons. The largest absolute Gasteiger partial charge is 0.337 e. The number of carbonyl (C=O) groups excluding carboxylic acids is 1. The van der Waals surface area contributed by atoms with Crippen molar-refractivity contribution in [2.24, 2.45) is 5.73 Å². The summed E-state index contributed by atoms with van der Waals surface area (Å²) in [6.07, 6.45) is 3.54. The maximum atomic E-state index is 12.4. The lowest BCUT2D eigenvalue weighted by Crippen LogP contribution is -2.45. The van der Waals surface area contributed by atoms with E-state index in [0.29, 0.717) is 17.8 Å². The molecule has 3 rings (SSSR count). The van der Waals surface area contributed by atoms with Crippen LogP contribution in [-0.4, -0.2) is 45.1 Å². The average molecular weight is 259 g/mol. The molecule has 3 heterocycles. The van der Waals surface area contributed by atoms with Crippen LogP contribution in [0.4, 0.5) is 0 Å². The lowest BCUT2D eigenvalue weighted by molar-refractivity contribution is 0.0708. The van der Waals surface area contributed by atoms with Crippen molar-refractivity contribution in [3.63, 3.8) is 0 Å². The number of fused-ring (bicyclic) bond motifs is 1. The molecule has 1 atom stereocenters. The molecule has 2 aromatic rings. The minimum Gasteiger partial charge on any atom is -0.337 e. The summed E-state index contributed by atoms with van der Waals surface area (Å²) >= 11 is 0. The van der Waals surface area contributed by atoms with Gasteiger partial charge in [0.1, 0.15) is 0 Å². The molecule has 1 fully saturated rings. The van der Waals surface area contributed by atoms with Crippen LogP contribution in [0.5, 0.6) is 0 Å². The van der Waals surface area contributed by atoms with Crippen molar-refractivity contribution in [2.45, 2.75) is 25.8 Å². The van der Waals surface area contributed by atoms with Crippen LogP contribution in [0.2, 0.25) is 0 Å². The minimum absolute atomic E-state index is 0.00477. The molecule has 0 saturated carbocycles. The lowest BCUT2D eigenvalue weighted by Gasteiger charge is -2.30. The maximum absolute atomic E-state index is 12.4. The molecule has 1 aliphatic rings. The highest BCUT2D eigenvalue weighted by Crippen LogP contribution is 2.17. The number of hydrogen-bond acceptors (Lipinski definition) is 4. The predicted octanol–water partition coefficient (Wildman–Crippen LogP) is 0.830. The quantitative estimate of drug-likeness (QED) is 0.794. The van der Waals surface area contributed by atoms with Gasteiger partial charge in [0.2, 0.25) is 0 Å². The fourth-order valence-corrected chi connectivity index (χ4v) is 2.51. The maximum Gasteiger partial charge on any atom is 0.255 e. The number of aromatic nitrogens is 3. The lowest BCUT2D eigenvalue weighted by atomic mass is 10.1. The Kier molecular flexibility index (Phi) is 2.94. The van der Waals surface area contributed by atoms with E-state index in [1.807, 2.05) is 17.9 Å². The zero-order valence-electron chi connectivity index (χ0n) is 10.9. The third-order valence-electron chi connectivity index (χ3n) is 3.59. The van der Waals surface area contributed by atoms with Crippen LogP contribution in [0.25, 0.3) is 11.0 Å². The van der Waals surface area contributed by atoms with Gasteiger partial charge in [0.25, 0.3) is 5.91 Å². The Morgan fingerprint density at radius 3 is 3.21 bits per heavy atom. The van der Waals surface area contributed by atoms with E-state index in [4.69, 9.17) is 5.73 Å². The Balaban J connectivity index is 1.90. The molecule has 0 aliphatic carbocycles. The van der Waals surface area contributed by atoms with Gasteiger partial charge in [0, 0.05) is 36.4 Å². The number of H-pyrrole nitrogens is 1. The molecule has 1 saturated heterocycles. The summed E-state index contributed by atoms with van der Waals surface area (Å²) in [5.41, 5.74) is 8.08. The Labute approximate surface area is 111 Å². The molecule has 2 aromatic heterocycles. The Bertz CT molecular complexity index is 621. The highest BCUT2D eigenvalue weighted by atomic mass is 16.2. The summed E-state index contributed by atoms with van der Waals surface area (Å²) in [7, 11) is 0. The third kappa shape index (κ3) is 2.19. The summed E-state index contributed by atoms with van der Waals surface area (Å²) in [6, 6.07) is 1.94. The highest BCUT2D eigenvalue weighted by molar-refractivity contribution is 5.97. The van der Waals surface area contributed by atoms with Crippen molar-refractivity contribution >= 4 is 16.9 Å². The molecule has 0 aromatic carbocycles. The number of rotatable bonds is 1. The Morgan fingerprint density at radius 2 is 2.42 bits per heavy atom. The van der Waals surface area contributed by atoms with Crippen molar-refractivity contribution in [3.8, 4) is 0 Å². The number of aryl methyl sites for hydroxylation is 1. The van der Waals surface area contributed by atoms with Gasteiger partial charge in [-0.1, -0.05) is 0 Å². The second kappa shape index (κ2) is 4.62. The van der Waals surface area contributed by atoms with Crippen LogP contribution in [0.15, 0.2) is 12.3 Å². The SMILES string of the molecule is Cc1[nH]nc2ncc(C(=O)N3CCCC(N)C3)cc12. The second-order valence-electron chi connectivity index (χ2n) is 5.10. The number of nitrogens with one attached hydrogen (secondary N) is 1. The number of nitrogens with zero attached hydrogens (tertiary/aromatic N) is 3. The molecule has 6 heteroatoms. The van der Waals surface area contributed by atoms with Crippen LogP contribution in [0.1, 0.15) is 28.9 Å².